The lowest BCUT2D eigenvalue weighted by Crippen LogP contribution is -2.13. The zero-order chi connectivity index (χ0) is 21.5. The number of halogens is 3. The largest absolute Gasteiger partial charge is 0.489 e. The average molecular weight is 458 g/mol. The Morgan fingerprint density at radius 2 is 1.67 bits per heavy atom. The maximum absolute atomic E-state index is 12.4. The second kappa shape index (κ2) is 10.2. The predicted octanol–water partition coefficient (Wildman–Crippen LogP) is 6.77. The zero-order valence-corrected chi connectivity index (χ0v) is 17.8. The molecule has 0 unspecified atom stereocenters. The molecule has 7 heteroatoms. The Balaban J connectivity index is 1.67. The molecule has 0 radical (unpaired) electrons. The molecular formula is C23H15Cl3N2O2. The molecule has 0 bridgehead atoms. The minimum Gasteiger partial charge on any atom is -0.489 e. The number of hydrogen-bond donors (Lipinski definition) is 1. The van der Waals surface area contributed by atoms with Gasteiger partial charge in [-0.15, -0.1) is 0 Å². The van der Waals surface area contributed by atoms with Crippen molar-refractivity contribution in [2.45, 2.75) is 6.61 Å². The second-order valence-electron chi connectivity index (χ2n) is 6.23. The summed E-state index contributed by atoms with van der Waals surface area (Å²) in [7, 11) is 0. The summed E-state index contributed by atoms with van der Waals surface area (Å²) in [6.07, 6.45) is 1.49. The van der Waals surface area contributed by atoms with Crippen molar-refractivity contribution < 1.29 is 9.53 Å². The Labute approximate surface area is 189 Å². The SMILES string of the molecule is N#CC(=Cc1ccc(OCc2ccccc2Cl)cc1)C(=O)Nc1cc(Cl)cc(Cl)c1. The van der Waals surface area contributed by atoms with Crippen LogP contribution >= 0.6 is 34.8 Å². The van der Waals surface area contributed by atoms with E-state index >= 15 is 0 Å². The normalized spacial score (nSPS) is 10.9. The molecular weight excluding hydrogens is 443 g/mol. The Morgan fingerprint density at radius 3 is 2.30 bits per heavy atom. The topological polar surface area (TPSA) is 62.1 Å². The lowest BCUT2D eigenvalue weighted by atomic mass is 10.1. The van der Waals surface area contributed by atoms with Crippen molar-refractivity contribution in [2.75, 3.05) is 5.32 Å². The van der Waals surface area contributed by atoms with Gasteiger partial charge in [0.2, 0.25) is 0 Å². The van der Waals surface area contributed by atoms with Gasteiger partial charge in [0.05, 0.1) is 0 Å². The molecule has 0 saturated carbocycles. The first-order valence-electron chi connectivity index (χ1n) is 8.80. The molecule has 0 aliphatic rings. The molecule has 0 saturated heterocycles. The van der Waals surface area contributed by atoms with Crippen LogP contribution in [0.5, 0.6) is 5.75 Å². The highest BCUT2D eigenvalue weighted by atomic mass is 35.5. The lowest BCUT2D eigenvalue weighted by Gasteiger charge is -2.08. The average Bonchev–Trinajstić information content (AvgIpc) is 2.71. The van der Waals surface area contributed by atoms with Gasteiger partial charge in [-0.05, 0) is 48.0 Å². The minimum atomic E-state index is -0.560. The molecule has 3 rings (SSSR count). The maximum atomic E-state index is 12.4. The van der Waals surface area contributed by atoms with Gasteiger partial charge in [0, 0.05) is 26.3 Å². The van der Waals surface area contributed by atoms with Crippen molar-refractivity contribution in [1.29, 1.82) is 5.26 Å². The van der Waals surface area contributed by atoms with Gasteiger partial charge >= 0.3 is 0 Å². The van der Waals surface area contributed by atoms with E-state index in [2.05, 4.69) is 5.32 Å². The molecule has 0 spiro atoms. The third-order valence-corrected chi connectivity index (χ3v) is 4.83. The molecule has 1 N–H and O–H groups in total. The van der Waals surface area contributed by atoms with Crippen LogP contribution in [0.2, 0.25) is 15.1 Å². The number of hydrogen-bond acceptors (Lipinski definition) is 3. The summed E-state index contributed by atoms with van der Waals surface area (Å²) in [5.74, 6) is 0.0819. The van der Waals surface area contributed by atoms with Gasteiger partial charge in [0.15, 0.2) is 0 Å². The van der Waals surface area contributed by atoms with Gasteiger partial charge in [0.25, 0.3) is 5.91 Å². The summed E-state index contributed by atoms with van der Waals surface area (Å²) in [4.78, 5) is 12.4. The van der Waals surface area contributed by atoms with E-state index in [0.717, 1.165) is 5.56 Å². The molecule has 4 nitrogen and oxygen atoms in total. The standard InChI is InChI=1S/C23H15Cl3N2O2/c24-18-10-19(25)12-20(11-18)28-23(29)17(13-27)9-15-5-7-21(8-6-15)30-14-16-3-1-2-4-22(16)26/h1-12H,14H2,(H,28,29). The van der Waals surface area contributed by atoms with Gasteiger partial charge in [0.1, 0.15) is 24.0 Å². The monoisotopic (exact) mass is 456 g/mol. The van der Waals surface area contributed by atoms with Gasteiger partial charge in [-0.25, -0.2) is 0 Å². The van der Waals surface area contributed by atoms with E-state index in [1.807, 2.05) is 24.3 Å². The van der Waals surface area contributed by atoms with Crippen LogP contribution in [0.15, 0.2) is 72.3 Å². The quantitative estimate of drug-likeness (QED) is 0.328. The molecule has 0 atom stereocenters. The van der Waals surface area contributed by atoms with Crippen molar-refractivity contribution in [2.24, 2.45) is 0 Å². The van der Waals surface area contributed by atoms with Gasteiger partial charge < -0.3 is 10.1 Å². The van der Waals surface area contributed by atoms with Crippen LogP contribution in [-0.2, 0) is 11.4 Å². The van der Waals surface area contributed by atoms with E-state index < -0.39 is 5.91 Å². The first kappa shape index (κ1) is 21.7. The fourth-order valence-electron chi connectivity index (χ4n) is 2.58. The highest BCUT2D eigenvalue weighted by molar-refractivity contribution is 6.35. The van der Waals surface area contributed by atoms with E-state index in [1.165, 1.54) is 6.08 Å². The molecule has 30 heavy (non-hydrogen) atoms. The van der Waals surface area contributed by atoms with Gasteiger partial charge in [-0.1, -0.05) is 65.1 Å². The Kier molecular flexibility index (Phi) is 7.37. The van der Waals surface area contributed by atoms with E-state index in [4.69, 9.17) is 39.5 Å². The summed E-state index contributed by atoms with van der Waals surface area (Å²) < 4.78 is 5.73. The van der Waals surface area contributed by atoms with Crippen LogP contribution in [0.25, 0.3) is 6.08 Å². The Bertz CT molecular complexity index is 1120. The fourth-order valence-corrected chi connectivity index (χ4v) is 3.29. The number of amides is 1. The molecule has 0 aliphatic heterocycles. The first-order chi connectivity index (χ1) is 14.4. The number of nitrogens with zero attached hydrogens (tertiary/aromatic N) is 1. The van der Waals surface area contributed by atoms with Gasteiger partial charge in [-0.3, -0.25) is 4.79 Å². The fraction of sp³-hybridized carbons (Fsp3) is 0.0435. The third-order valence-electron chi connectivity index (χ3n) is 4.03. The molecule has 0 aliphatic carbocycles. The van der Waals surface area contributed by atoms with Crippen LogP contribution in [0.1, 0.15) is 11.1 Å². The maximum Gasteiger partial charge on any atom is 0.266 e. The highest BCUT2D eigenvalue weighted by Crippen LogP contribution is 2.23. The van der Waals surface area contributed by atoms with Crippen LogP contribution in [0.4, 0.5) is 5.69 Å². The number of rotatable bonds is 6. The van der Waals surface area contributed by atoms with Crippen molar-refractivity contribution in [3.05, 3.63) is 98.5 Å². The molecule has 150 valence electrons. The summed E-state index contributed by atoms with van der Waals surface area (Å²) >= 11 is 18.0. The summed E-state index contributed by atoms with van der Waals surface area (Å²) in [6.45, 7) is 0.336. The minimum absolute atomic E-state index is 0.0594. The van der Waals surface area contributed by atoms with Crippen molar-refractivity contribution >= 4 is 52.5 Å². The first-order valence-corrected chi connectivity index (χ1v) is 9.93. The number of carbonyl (C=O) groups excluding carboxylic acids is 1. The molecule has 3 aromatic rings. The van der Waals surface area contributed by atoms with Gasteiger partial charge in [-0.2, -0.15) is 5.26 Å². The molecule has 0 fully saturated rings. The van der Waals surface area contributed by atoms with Crippen LogP contribution in [-0.4, -0.2) is 5.91 Å². The second-order valence-corrected chi connectivity index (χ2v) is 7.51. The van der Waals surface area contributed by atoms with Crippen LogP contribution in [0.3, 0.4) is 0 Å². The van der Waals surface area contributed by atoms with Crippen LogP contribution < -0.4 is 10.1 Å². The Morgan fingerprint density at radius 1 is 1.00 bits per heavy atom. The zero-order valence-electron chi connectivity index (χ0n) is 15.5. The number of carbonyl (C=O) groups is 1. The van der Waals surface area contributed by atoms with E-state index in [9.17, 15) is 10.1 Å². The smallest absolute Gasteiger partial charge is 0.266 e. The number of anilines is 1. The number of ether oxygens (including phenoxy) is 1. The third kappa shape index (κ3) is 6.01. The van der Waals surface area contributed by atoms with Crippen LogP contribution in [0, 0.1) is 11.3 Å². The Hall–Kier alpha value is -2.97. The highest BCUT2D eigenvalue weighted by Gasteiger charge is 2.11. The summed E-state index contributed by atoms with van der Waals surface area (Å²) in [5, 5.41) is 13.4. The van der Waals surface area contributed by atoms with Crippen molar-refractivity contribution in [3.63, 3.8) is 0 Å². The molecule has 3 aromatic carbocycles. The summed E-state index contributed by atoms with van der Waals surface area (Å²) in [5.41, 5.74) is 1.90. The van der Waals surface area contributed by atoms with Crippen molar-refractivity contribution in [3.8, 4) is 11.8 Å². The van der Waals surface area contributed by atoms with E-state index in [1.54, 1.807) is 48.5 Å². The molecule has 0 aromatic heterocycles. The molecule has 1 amide bonds. The van der Waals surface area contributed by atoms with Crippen molar-refractivity contribution in [1.82, 2.24) is 0 Å². The summed E-state index contributed by atoms with van der Waals surface area (Å²) in [6, 6.07) is 21.0. The molecule has 0 heterocycles. The van der Waals surface area contributed by atoms with E-state index in [-0.39, 0.29) is 5.57 Å². The number of nitrogens with one attached hydrogen (secondary N) is 1. The lowest BCUT2D eigenvalue weighted by molar-refractivity contribution is -0.112. The number of benzene rings is 3. The number of nitriles is 1. The van der Waals surface area contributed by atoms with E-state index in [0.29, 0.717) is 38.7 Å². The predicted molar refractivity (Wildman–Crippen MR) is 121 cm³/mol.